The van der Waals surface area contributed by atoms with E-state index in [0.29, 0.717) is 0 Å². The number of carbonyl (C=O) groups is 1. The highest BCUT2D eigenvalue weighted by Crippen LogP contribution is 2.35. The second kappa shape index (κ2) is 20.8. The van der Waals surface area contributed by atoms with Gasteiger partial charge in [0, 0.05) is 6.92 Å². The number of hydrogen-bond donors (Lipinski definition) is 17. The molecule has 0 saturated carbocycles. The van der Waals surface area contributed by atoms with Gasteiger partial charge in [0.15, 0.2) is 31.4 Å². The number of hydrogen-bond acceptors (Lipinski definition) is 26. The van der Waals surface area contributed by atoms with Crippen LogP contribution in [0.2, 0.25) is 0 Å². The molecule has 0 aromatic rings. The third-order valence-corrected chi connectivity index (χ3v) is 10.8. The van der Waals surface area contributed by atoms with Crippen LogP contribution in [0.25, 0.3) is 0 Å². The van der Waals surface area contributed by atoms with Gasteiger partial charge in [-0.25, -0.2) is 0 Å². The second-order valence-corrected chi connectivity index (χ2v) is 14.8. The number of ether oxygens (including phenoxy) is 9. The third-order valence-electron chi connectivity index (χ3n) is 10.8. The van der Waals surface area contributed by atoms with E-state index in [1.54, 1.807) is 0 Å². The summed E-state index contributed by atoms with van der Waals surface area (Å²) in [5, 5.41) is 160. The van der Waals surface area contributed by atoms with Gasteiger partial charge in [0.05, 0.1) is 39.1 Å². The average molecular weight is 869 g/mol. The highest BCUT2D eigenvalue weighted by molar-refractivity contribution is 5.73. The molecule has 27 nitrogen and oxygen atoms in total. The normalized spacial score (nSPS) is 51.0. The van der Waals surface area contributed by atoms with Crippen LogP contribution in [0.1, 0.15) is 6.92 Å². The fraction of sp³-hybridized carbons (Fsp3) is 0.969. The minimum atomic E-state index is -2.05. The third kappa shape index (κ3) is 10.2. The summed E-state index contributed by atoms with van der Waals surface area (Å²) in [5.74, 6) is -0.638. The molecule has 5 heterocycles. The molecule has 59 heavy (non-hydrogen) atoms. The highest BCUT2D eigenvalue weighted by Gasteiger charge is 2.56. The van der Waals surface area contributed by atoms with Gasteiger partial charge in [-0.15, -0.1) is 0 Å². The van der Waals surface area contributed by atoms with Gasteiger partial charge in [0.25, 0.3) is 0 Å². The summed E-state index contributed by atoms with van der Waals surface area (Å²) in [4.78, 5) is 11.5. The summed E-state index contributed by atoms with van der Waals surface area (Å²) >= 11 is 0. The van der Waals surface area contributed by atoms with Crippen molar-refractivity contribution in [3.8, 4) is 0 Å². The van der Waals surface area contributed by atoms with Crippen LogP contribution in [-0.2, 0) is 47.4 Å². The van der Waals surface area contributed by atoms with Crippen LogP contribution in [0.3, 0.4) is 0 Å². The molecule has 18 unspecified atom stereocenters. The molecule has 0 radical (unpaired) electrons. The molecule has 5 aliphatic heterocycles. The molecule has 25 atom stereocenters. The first kappa shape index (κ1) is 48.5. The molecule has 27 heteroatoms. The van der Waals surface area contributed by atoms with Gasteiger partial charge in [-0.3, -0.25) is 4.79 Å². The Kier molecular flexibility index (Phi) is 17.1. The van der Waals surface area contributed by atoms with E-state index >= 15 is 0 Å². The van der Waals surface area contributed by atoms with Gasteiger partial charge in [-0.05, 0) is 0 Å². The summed E-state index contributed by atoms with van der Waals surface area (Å²) in [7, 11) is 0. The fourth-order valence-corrected chi connectivity index (χ4v) is 7.40. The first-order valence-corrected chi connectivity index (χ1v) is 18.7. The Morgan fingerprint density at radius 2 is 0.814 bits per heavy atom. The molecule has 5 rings (SSSR count). The number of nitrogens with two attached hydrogens (primary N) is 1. The van der Waals surface area contributed by atoms with Gasteiger partial charge < -0.3 is 130 Å². The topological polar surface area (TPSA) is 442 Å². The standard InChI is InChI=1S/C32H56N2O25/c1-7(40)34-28-20(47)19(46)25(11(5-38)51-28)57-32-22(49)26(15(42)9(3-36)54-32)58-29-13(33)17(44)24(12(6-39)55-29)56-31-23(50)27(16(43)10(4-37)53-31)59-30-21(48)18(45)14(41)8(2-35)52-30/h8-32,35-39,41-50H,2-6,33H2,1H3,(H,34,40)/t8?,9?,10?,11?,12?,13?,14-,15+,16-,17?,18?,19?,20?,21?,22?,23?,24+,25-,26?,27?,28?,29+,30?,31?,32+/m1/s1. The van der Waals surface area contributed by atoms with Crippen molar-refractivity contribution in [1.82, 2.24) is 5.32 Å². The molecule has 0 bridgehead atoms. The van der Waals surface area contributed by atoms with E-state index < -0.39 is 192 Å². The van der Waals surface area contributed by atoms with Gasteiger partial charge >= 0.3 is 0 Å². The zero-order valence-corrected chi connectivity index (χ0v) is 31.3. The van der Waals surface area contributed by atoms with Crippen LogP contribution in [0.5, 0.6) is 0 Å². The molecule has 0 aromatic carbocycles. The summed E-state index contributed by atoms with van der Waals surface area (Å²) < 4.78 is 50.3. The molecule has 5 aliphatic rings. The Balaban J connectivity index is 1.28. The first-order valence-electron chi connectivity index (χ1n) is 18.7. The molecule has 0 aromatic heterocycles. The monoisotopic (exact) mass is 868 g/mol. The van der Waals surface area contributed by atoms with Crippen LogP contribution in [-0.4, -0.2) is 269 Å². The van der Waals surface area contributed by atoms with E-state index in [1.807, 2.05) is 0 Å². The maximum atomic E-state index is 11.5. The van der Waals surface area contributed by atoms with Gasteiger partial charge in [0.1, 0.15) is 116 Å². The lowest BCUT2D eigenvalue weighted by atomic mass is 9.94. The Bertz CT molecular complexity index is 1320. The zero-order chi connectivity index (χ0) is 43.6. The Morgan fingerprint density at radius 3 is 1.27 bits per heavy atom. The molecule has 0 spiro atoms. The van der Waals surface area contributed by atoms with E-state index in [1.165, 1.54) is 0 Å². The quantitative estimate of drug-likeness (QED) is 0.0770. The maximum absolute atomic E-state index is 11.5. The van der Waals surface area contributed by atoms with Crippen molar-refractivity contribution in [2.45, 2.75) is 160 Å². The molecule has 18 N–H and O–H groups in total. The number of rotatable bonds is 14. The number of aliphatic hydroxyl groups excluding tert-OH is 15. The highest BCUT2D eigenvalue weighted by atomic mass is 16.8. The van der Waals surface area contributed by atoms with E-state index in [4.69, 9.17) is 48.4 Å². The fourth-order valence-electron chi connectivity index (χ4n) is 7.40. The lowest BCUT2D eigenvalue weighted by Gasteiger charge is -2.50. The molecular formula is C32H56N2O25. The van der Waals surface area contributed by atoms with Crippen LogP contribution in [0.15, 0.2) is 0 Å². The second-order valence-electron chi connectivity index (χ2n) is 14.8. The largest absolute Gasteiger partial charge is 0.394 e. The number of aliphatic hydroxyl groups is 15. The number of nitrogens with one attached hydrogen (secondary N) is 1. The van der Waals surface area contributed by atoms with E-state index in [2.05, 4.69) is 5.32 Å². The lowest BCUT2D eigenvalue weighted by Crippen LogP contribution is -2.69. The van der Waals surface area contributed by atoms with Crippen LogP contribution in [0, 0.1) is 0 Å². The van der Waals surface area contributed by atoms with E-state index in [-0.39, 0.29) is 0 Å². The van der Waals surface area contributed by atoms with Crippen LogP contribution >= 0.6 is 0 Å². The zero-order valence-electron chi connectivity index (χ0n) is 31.3. The van der Waals surface area contributed by atoms with Crippen molar-refractivity contribution in [1.29, 1.82) is 0 Å². The summed E-state index contributed by atoms with van der Waals surface area (Å²) in [6.07, 6.45) is -42.6. The molecule has 1 amide bonds. The van der Waals surface area contributed by atoms with E-state index in [0.717, 1.165) is 6.92 Å². The Hall–Kier alpha value is -1.53. The van der Waals surface area contributed by atoms with Crippen molar-refractivity contribution in [2.75, 3.05) is 33.0 Å². The molecule has 344 valence electrons. The van der Waals surface area contributed by atoms with Gasteiger partial charge in [0.2, 0.25) is 5.91 Å². The molecule has 5 fully saturated rings. The first-order chi connectivity index (χ1) is 27.9. The van der Waals surface area contributed by atoms with E-state index in [9.17, 15) is 81.4 Å². The van der Waals surface area contributed by atoms with Gasteiger partial charge in [-0.2, -0.15) is 0 Å². The van der Waals surface area contributed by atoms with Crippen molar-refractivity contribution < 1.29 is 124 Å². The molecule has 0 aliphatic carbocycles. The predicted octanol–water partition coefficient (Wildman–Crippen LogP) is -11.8. The minimum absolute atomic E-state index is 0.638. The van der Waals surface area contributed by atoms with Gasteiger partial charge in [-0.1, -0.05) is 0 Å². The summed E-state index contributed by atoms with van der Waals surface area (Å²) in [6, 6.07) is -1.67. The van der Waals surface area contributed by atoms with Crippen LogP contribution < -0.4 is 11.1 Å². The maximum Gasteiger partial charge on any atom is 0.218 e. The van der Waals surface area contributed by atoms with Crippen molar-refractivity contribution in [2.24, 2.45) is 5.73 Å². The predicted molar refractivity (Wildman–Crippen MR) is 180 cm³/mol. The number of carbonyl (C=O) groups excluding carboxylic acids is 1. The number of amides is 1. The summed E-state index contributed by atoms with van der Waals surface area (Å²) in [5.41, 5.74) is 6.25. The minimum Gasteiger partial charge on any atom is -0.394 e. The molecular weight excluding hydrogens is 812 g/mol. The van der Waals surface area contributed by atoms with Crippen molar-refractivity contribution in [3.05, 3.63) is 0 Å². The van der Waals surface area contributed by atoms with Crippen LogP contribution in [0.4, 0.5) is 0 Å². The molecule has 5 saturated heterocycles. The Morgan fingerprint density at radius 1 is 0.441 bits per heavy atom. The summed E-state index contributed by atoms with van der Waals surface area (Å²) in [6.45, 7) is -3.32. The van der Waals surface area contributed by atoms with Crippen molar-refractivity contribution in [3.63, 3.8) is 0 Å². The SMILES string of the molecule is CC(=O)NC1OC(CO)[C@@H](O[C@@H]2OC(CO)[C@H](O)C(O[C@@H]3OC(CO)[C@H](OC4OC(CO)[C@@H](O)C(OC5OC(CO)[C@@H](O)C(O)C5O)C4O)C(O)C3N)C2O)C(O)C1O. The smallest absolute Gasteiger partial charge is 0.218 e. The lowest BCUT2D eigenvalue weighted by molar-refractivity contribution is -0.384. The average Bonchev–Trinajstić information content (AvgIpc) is 3.21. The van der Waals surface area contributed by atoms with Crippen molar-refractivity contribution >= 4 is 5.91 Å². The Labute approximate surface area is 334 Å².